The molecule has 0 radical (unpaired) electrons. The first-order valence-corrected chi connectivity index (χ1v) is 6.34. The van der Waals surface area contributed by atoms with Gasteiger partial charge in [0.25, 0.3) is 0 Å². The number of ether oxygens (including phenoxy) is 1. The Morgan fingerprint density at radius 2 is 1.88 bits per heavy atom. The van der Waals surface area contributed by atoms with Gasteiger partial charge in [0.05, 0.1) is 6.61 Å². The Morgan fingerprint density at radius 3 is 2.56 bits per heavy atom. The van der Waals surface area contributed by atoms with Crippen LogP contribution in [0.1, 0.15) is 46.5 Å². The van der Waals surface area contributed by atoms with Gasteiger partial charge in [-0.15, -0.1) is 0 Å². The van der Waals surface area contributed by atoms with Crippen molar-refractivity contribution < 1.29 is 4.74 Å². The summed E-state index contributed by atoms with van der Waals surface area (Å²) < 4.78 is 5.93. The van der Waals surface area contributed by atoms with Gasteiger partial charge in [-0.1, -0.05) is 17.2 Å². The summed E-state index contributed by atoms with van der Waals surface area (Å²) in [5, 5.41) is 0. The highest BCUT2D eigenvalue weighted by molar-refractivity contribution is 5.34. The zero-order valence-corrected chi connectivity index (χ0v) is 10.7. The zero-order chi connectivity index (χ0) is 11.5. The summed E-state index contributed by atoms with van der Waals surface area (Å²) in [7, 11) is 0. The summed E-state index contributed by atoms with van der Waals surface area (Å²) in [6.07, 6.45) is 9.40. The van der Waals surface area contributed by atoms with Crippen molar-refractivity contribution in [3.05, 3.63) is 34.6 Å². The second kappa shape index (κ2) is 4.90. The molecule has 1 fully saturated rings. The van der Waals surface area contributed by atoms with E-state index >= 15 is 0 Å². The Bertz CT molecular complexity index is 354. The summed E-state index contributed by atoms with van der Waals surface area (Å²) in [5.74, 6) is 1.91. The average molecular weight is 218 g/mol. The molecule has 0 saturated heterocycles. The van der Waals surface area contributed by atoms with Gasteiger partial charge in [0.15, 0.2) is 0 Å². The van der Waals surface area contributed by atoms with Crippen molar-refractivity contribution >= 4 is 0 Å². The SMILES string of the molecule is CC1=CC=C(OCC2CC2)C(C)=C(C)CC1. The van der Waals surface area contributed by atoms with Crippen molar-refractivity contribution in [3.63, 3.8) is 0 Å². The monoisotopic (exact) mass is 218 g/mol. The van der Waals surface area contributed by atoms with Crippen LogP contribution in [0.2, 0.25) is 0 Å². The number of rotatable bonds is 3. The van der Waals surface area contributed by atoms with Crippen LogP contribution in [0.25, 0.3) is 0 Å². The maximum absolute atomic E-state index is 5.93. The normalized spacial score (nSPS) is 22.2. The lowest BCUT2D eigenvalue weighted by molar-refractivity contribution is 0.206. The molecule has 0 atom stereocenters. The lowest BCUT2D eigenvalue weighted by Gasteiger charge is -2.16. The van der Waals surface area contributed by atoms with Crippen LogP contribution in [0.4, 0.5) is 0 Å². The molecule has 0 N–H and O–H groups in total. The van der Waals surface area contributed by atoms with E-state index in [1.165, 1.54) is 36.0 Å². The van der Waals surface area contributed by atoms with Crippen molar-refractivity contribution in [2.75, 3.05) is 6.61 Å². The minimum absolute atomic E-state index is 0.824. The Labute approximate surface area is 98.9 Å². The van der Waals surface area contributed by atoms with Gasteiger partial charge in [-0.25, -0.2) is 0 Å². The molecule has 0 unspecified atom stereocenters. The Hall–Kier alpha value is -0.980. The van der Waals surface area contributed by atoms with Gasteiger partial charge in [0.2, 0.25) is 0 Å². The molecule has 0 aromatic heterocycles. The molecule has 2 rings (SSSR count). The summed E-state index contributed by atoms with van der Waals surface area (Å²) in [6, 6.07) is 0. The summed E-state index contributed by atoms with van der Waals surface area (Å²) in [6.45, 7) is 7.51. The molecule has 0 aliphatic heterocycles. The molecule has 0 amide bonds. The Morgan fingerprint density at radius 1 is 1.12 bits per heavy atom. The maximum Gasteiger partial charge on any atom is 0.122 e. The molecule has 2 aliphatic rings. The smallest absolute Gasteiger partial charge is 0.122 e. The van der Waals surface area contributed by atoms with E-state index in [0.717, 1.165) is 24.7 Å². The fourth-order valence-corrected chi connectivity index (χ4v) is 1.86. The van der Waals surface area contributed by atoms with Crippen LogP contribution in [-0.4, -0.2) is 6.61 Å². The average Bonchev–Trinajstić information content (AvgIpc) is 3.07. The fraction of sp³-hybridized carbons (Fsp3) is 0.600. The van der Waals surface area contributed by atoms with Crippen LogP contribution < -0.4 is 0 Å². The molecule has 0 heterocycles. The van der Waals surface area contributed by atoms with E-state index in [0.29, 0.717) is 0 Å². The predicted octanol–water partition coefficient (Wildman–Crippen LogP) is 4.37. The van der Waals surface area contributed by atoms with Gasteiger partial charge in [0, 0.05) is 0 Å². The van der Waals surface area contributed by atoms with Crippen molar-refractivity contribution in [1.29, 1.82) is 0 Å². The fourth-order valence-electron chi connectivity index (χ4n) is 1.86. The van der Waals surface area contributed by atoms with Crippen LogP contribution in [-0.2, 0) is 4.74 Å². The first-order valence-electron chi connectivity index (χ1n) is 6.34. The lowest BCUT2D eigenvalue weighted by atomic mass is 9.98. The van der Waals surface area contributed by atoms with Crippen molar-refractivity contribution in [1.82, 2.24) is 0 Å². The maximum atomic E-state index is 5.93. The molecule has 0 bridgehead atoms. The van der Waals surface area contributed by atoms with Crippen LogP contribution in [0.5, 0.6) is 0 Å². The Balaban J connectivity index is 2.10. The highest BCUT2D eigenvalue weighted by Gasteiger charge is 2.22. The molecule has 16 heavy (non-hydrogen) atoms. The van der Waals surface area contributed by atoms with E-state index in [9.17, 15) is 0 Å². The van der Waals surface area contributed by atoms with Crippen LogP contribution >= 0.6 is 0 Å². The molecule has 1 nitrogen and oxygen atoms in total. The summed E-state index contributed by atoms with van der Waals surface area (Å²) in [4.78, 5) is 0. The van der Waals surface area contributed by atoms with Crippen molar-refractivity contribution in [2.45, 2.75) is 46.5 Å². The second-order valence-corrected chi connectivity index (χ2v) is 5.20. The molecule has 0 aromatic carbocycles. The van der Waals surface area contributed by atoms with Crippen LogP contribution in [0.3, 0.4) is 0 Å². The van der Waals surface area contributed by atoms with Crippen molar-refractivity contribution in [3.8, 4) is 0 Å². The minimum atomic E-state index is 0.824. The molecule has 1 heteroatoms. The van der Waals surface area contributed by atoms with E-state index in [1.807, 2.05) is 0 Å². The standard InChI is InChI=1S/C15H22O/c1-11-4-6-12(2)13(3)15(9-5-11)16-10-14-7-8-14/h5,9,14H,4,6-8,10H2,1-3H3. The van der Waals surface area contributed by atoms with Gasteiger partial charge >= 0.3 is 0 Å². The van der Waals surface area contributed by atoms with Crippen molar-refractivity contribution in [2.24, 2.45) is 5.92 Å². The van der Waals surface area contributed by atoms with E-state index in [1.54, 1.807) is 0 Å². The van der Waals surface area contributed by atoms with E-state index in [2.05, 4.69) is 32.9 Å². The van der Waals surface area contributed by atoms with E-state index in [4.69, 9.17) is 4.74 Å². The number of allylic oxidation sites excluding steroid dienone is 5. The highest BCUT2D eigenvalue weighted by Crippen LogP contribution is 2.31. The number of hydrogen-bond acceptors (Lipinski definition) is 1. The molecule has 0 aromatic rings. The third-order valence-electron chi connectivity index (χ3n) is 3.59. The molecule has 1 saturated carbocycles. The summed E-state index contributed by atoms with van der Waals surface area (Å²) in [5.41, 5.74) is 4.25. The molecular formula is C15H22O. The topological polar surface area (TPSA) is 9.23 Å². The second-order valence-electron chi connectivity index (χ2n) is 5.20. The largest absolute Gasteiger partial charge is 0.493 e. The van der Waals surface area contributed by atoms with Gasteiger partial charge in [-0.2, -0.15) is 0 Å². The highest BCUT2D eigenvalue weighted by atomic mass is 16.5. The molecular weight excluding hydrogens is 196 g/mol. The van der Waals surface area contributed by atoms with Gasteiger partial charge in [-0.3, -0.25) is 0 Å². The van der Waals surface area contributed by atoms with E-state index < -0.39 is 0 Å². The molecule has 88 valence electrons. The number of hydrogen-bond donors (Lipinski definition) is 0. The van der Waals surface area contributed by atoms with Crippen LogP contribution in [0, 0.1) is 5.92 Å². The first kappa shape index (κ1) is 11.5. The predicted molar refractivity (Wildman–Crippen MR) is 68.1 cm³/mol. The molecule has 2 aliphatic carbocycles. The lowest BCUT2D eigenvalue weighted by Crippen LogP contribution is -2.01. The Kier molecular flexibility index (Phi) is 3.52. The van der Waals surface area contributed by atoms with Gasteiger partial charge in [0.1, 0.15) is 5.76 Å². The third-order valence-corrected chi connectivity index (χ3v) is 3.59. The quantitative estimate of drug-likeness (QED) is 0.683. The van der Waals surface area contributed by atoms with Gasteiger partial charge in [-0.05, 0) is 64.0 Å². The first-order chi connectivity index (χ1) is 7.66. The third kappa shape index (κ3) is 3.01. The van der Waals surface area contributed by atoms with Gasteiger partial charge < -0.3 is 4.74 Å². The minimum Gasteiger partial charge on any atom is -0.493 e. The summed E-state index contributed by atoms with van der Waals surface area (Å²) >= 11 is 0. The zero-order valence-electron chi connectivity index (χ0n) is 10.7. The van der Waals surface area contributed by atoms with E-state index in [-0.39, 0.29) is 0 Å². The molecule has 0 spiro atoms. The van der Waals surface area contributed by atoms with Crippen LogP contribution in [0.15, 0.2) is 34.6 Å².